The highest BCUT2D eigenvalue weighted by Gasteiger charge is 2.20. The fourth-order valence-electron chi connectivity index (χ4n) is 2.48. The Morgan fingerprint density at radius 1 is 1.44 bits per heavy atom. The second-order valence-corrected chi connectivity index (χ2v) is 4.93. The van der Waals surface area contributed by atoms with E-state index in [4.69, 9.17) is 0 Å². The molecule has 2 unspecified atom stereocenters. The third-order valence-electron chi connectivity index (χ3n) is 3.33. The van der Waals surface area contributed by atoms with Gasteiger partial charge in [0.05, 0.1) is 6.20 Å². The van der Waals surface area contributed by atoms with Crippen molar-refractivity contribution in [3.05, 3.63) is 29.8 Å². The maximum absolute atomic E-state index is 12.9. The van der Waals surface area contributed by atoms with Crippen LogP contribution in [0.15, 0.2) is 18.5 Å². The molecule has 16 heavy (non-hydrogen) atoms. The Kier molecular flexibility index (Phi) is 3.88. The third-order valence-corrected chi connectivity index (χ3v) is 3.33. The van der Waals surface area contributed by atoms with Crippen LogP contribution in [-0.4, -0.2) is 11.5 Å². The standard InChI is InChI=1S/C13H19FN2/c1-10-2-3-11(4-10)6-15-7-12-5-13(14)9-16-8-12/h5,8-11,15H,2-4,6-7H2,1H3. The lowest BCUT2D eigenvalue weighted by molar-refractivity contribution is 0.470. The smallest absolute Gasteiger partial charge is 0.141 e. The van der Waals surface area contributed by atoms with Crippen LogP contribution >= 0.6 is 0 Å². The Hall–Kier alpha value is -0.960. The molecule has 1 aliphatic rings. The van der Waals surface area contributed by atoms with Gasteiger partial charge in [-0.15, -0.1) is 0 Å². The Labute approximate surface area is 96.3 Å². The Morgan fingerprint density at radius 2 is 2.31 bits per heavy atom. The van der Waals surface area contributed by atoms with E-state index in [1.807, 2.05) is 0 Å². The summed E-state index contributed by atoms with van der Waals surface area (Å²) >= 11 is 0. The molecule has 0 saturated heterocycles. The highest BCUT2D eigenvalue weighted by Crippen LogP contribution is 2.29. The lowest BCUT2D eigenvalue weighted by atomic mass is 10.1. The van der Waals surface area contributed by atoms with Crippen molar-refractivity contribution >= 4 is 0 Å². The first-order chi connectivity index (χ1) is 7.74. The molecule has 0 aliphatic heterocycles. The van der Waals surface area contributed by atoms with Crippen LogP contribution in [0.4, 0.5) is 4.39 Å². The first kappa shape index (κ1) is 11.5. The fourth-order valence-corrected chi connectivity index (χ4v) is 2.48. The number of hydrogen-bond acceptors (Lipinski definition) is 2. The minimum atomic E-state index is -0.256. The van der Waals surface area contributed by atoms with Gasteiger partial charge in [0.2, 0.25) is 0 Å². The molecule has 0 amide bonds. The maximum Gasteiger partial charge on any atom is 0.141 e. The molecule has 1 aliphatic carbocycles. The molecule has 2 atom stereocenters. The summed E-state index contributed by atoms with van der Waals surface area (Å²) in [5, 5.41) is 3.38. The van der Waals surface area contributed by atoms with Crippen molar-refractivity contribution in [1.82, 2.24) is 10.3 Å². The maximum atomic E-state index is 12.9. The first-order valence-corrected chi connectivity index (χ1v) is 6.04. The van der Waals surface area contributed by atoms with Crippen molar-refractivity contribution < 1.29 is 4.39 Å². The average Bonchev–Trinajstić information content (AvgIpc) is 2.64. The van der Waals surface area contributed by atoms with Crippen LogP contribution in [0.3, 0.4) is 0 Å². The monoisotopic (exact) mass is 222 g/mol. The van der Waals surface area contributed by atoms with Crippen molar-refractivity contribution in [2.24, 2.45) is 11.8 Å². The number of rotatable bonds is 4. The van der Waals surface area contributed by atoms with Gasteiger partial charge in [-0.25, -0.2) is 4.39 Å². The van der Waals surface area contributed by atoms with Crippen LogP contribution in [0.2, 0.25) is 0 Å². The number of nitrogens with one attached hydrogen (secondary N) is 1. The van der Waals surface area contributed by atoms with E-state index in [0.29, 0.717) is 0 Å². The van der Waals surface area contributed by atoms with Crippen LogP contribution in [0.5, 0.6) is 0 Å². The zero-order valence-corrected chi connectivity index (χ0v) is 9.75. The van der Waals surface area contributed by atoms with E-state index in [1.54, 1.807) is 6.20 Å². The highest BCUT2D eigenvalue weighted by molar-refractivity contribution is 5.09. The molecule has 0 bridgehead atoms. The van der Waals surface area contributed by atoms with Crippen molar-refractivity contribution in [3.63, 3.8) is 0 Å². The predicted molar refractivity (Wildman–Crippen MR) is 62.4 cm³/mol. The molecular weight excluding hydrogens is 203 g/mol. The number of hydrogen-bond donors (Lipinski definition) is 1. The first-order valence-electron chi connectivity index (χ1n) is 6.04. The van der Waals surface area contributed by atoms with Gasteiger partial charge < -0.3 is 5.32 Å². The summed E-state index contributed by atoms with van der Waals surface area (Å²) in [4.78, 5) is 3.83. The van der Waals surface area contributed by atoms with Gasteiger partial charge in [0.25, 0.3) is 0 Å². The van der Waals surface area contributed by atoms with E-state index in [9.17, 15) is 4.39 Å². The van der Waals surface area contributed by atoms with E-state index >= 15 is 0 Å². The number of nitrogens with zero attached hydrogens (tertiary/aromatic N) is 1. The molecule has 1 fully saturated rings. The summed E-state index contributed by atoms with van der Waals surface area (Å²) in [7, 11) is 0. The average molecular weight is 222 g/mol. The van der Waals surface area contributed by atoms with Crippen molar-refractivity contribution in [1.29, 1.82) is 0 Å². The van der Waals surface area contributed by atoms with E-state index < -0.39 is 0 Å². The molecule has 0 radical (unpaired) electrons. The molecule has 2 nitrogen and oxygen atoms in total. The van der Waals surface area contributed by atoms with Crippen LogP contribution in [-0.2, 0) is 6.54 Å². The second-order valence-electron chi connectivity index (χ2n) is 4.93. The lowest BCUT2D eigenvalue weighted by Crippen LogP contribution is -2.21. The topological polar surface area (TPSA) is 24.9 Å². The van der Waals surface area contributed by atoms with Gasteiger partial charge in [0, 0.05) is 12.7 Å². The molecule has 1 saturated carbocycles. The van der Waals surface area contributed by atoms with Crippen LogP contribution in [0.1, 0.15) is 31.7 Å². The zero-order valence-electron chi connectivity index (χ0n) is 9.75. The van der Waals surface area contributed by atoms with Crippen LogP contribution in [0.25, 0.3) is 0 Å². The van der Waals surface area contributed by atoms with E-state index in [1.165, 1.54) is 31.5 Å². The summed E-state index contributed by atoms with van der Waals surface area (Å²) in [6.07, 6.45) is 6.97. The minimum absolute atomic E-state index is 0.256. The van der Waals surface area contributed by atoms with E-state index in [-0.39, 0.29) is 5.82 Å². The van der Waals surface area contributed by atoms with Gasteiger partial charge in [-0.2, -0.15) is 0 Å². The van der Waals surface area contributed by atoms with Gasteiger partial charge in [-0.1, -0.05) is 13.3 Å². The molecular formula is C13H19FN2. The zero-order chi connectivity index (χ0) is 11.4. The van der Waals surface area contributed by atoms with Crippen LogP contribution in [0, 0.1) is 17.7 Å². The van der Waals surface area contributed by atoms with Crippen molar-refractivity contribution in [2.45, 2.75) is 32.7 Å². The molecule has 1 heterocycles. The van der Waals surface area contributed by atoms with E-state index in [0.717, 1.165) is 30.5 Å². The minimum Gasteiger partial charge on any atom is -0.312 e. The van der Waals surface area contributed by atoms with Gasteiger partial charge in [-0.05, 0) is 42.9 Å². The van der Waals surface area contributed by atoms with E-state index in [2.05, 4.69) is 17.2 Å². The number of aromatic nitrogens is 1. The molecule has 1 aromatic rings. The van der Waals surface area contributed by atoms with Gasteiger partial charge in [0.1, 0.15) is 5.82 Å². The van der Waals surface area contributed by atoms with Gasteiger partial charge in [0.15, 0.2) is 0 Å². The van der Waals surface area contributed by atoms with Gasteiger partial charge in [-0.3, -0.25) is 4.98 Å². The lowest BCUT2D eigenvalue weighted by Gasteiger charge is -2.10. The Balaban J connectivity index is 1.72. The quantitative estimate of drug-likeness (QED) is 0.847. The molecule has 3 heteroatoms. The molecule has 1 N–H and O–H groups in total. The molecule has 1 aromatic heterocycles. The summed E-state index contributed by atoms with van der Waals surface area (Å²) in [6, 6.07) is 1.54. The largest absolute Gasteiger partial charge is 0.312 e. The van der Waals surface area contributed by atoms with Crippen molar-refractivity contribution in [3.8, 4) is 0 Å². The number of halogens is 1. The van der Waals surface area contributed by atoms with Gasteiger partial charge >= 0.3 is 0 Å². The van der Waals surface area contributed by atoms with Crippen molar-refractivity contribution in [2.75, 3.05) is 6.54 Å². The Morgan fingerprint density at radius 3 is 3.00 bits per heavy atom. The molecule has 2 rings (SSSR count). The fraction of sp³-hybridized carbons (Fsp3) is 0.615. The Bertz CT molecular complexity index is 340. The summed E-state index contributed by atoms with van der Waals surface area (Å²) < 4.78 is 12.9. The van der Waals surface area contributed by atoms with Crippen LogP contribution < -0.4 is 5.32 Å². The summed E-state index contributed by atoms with van der Waals surface area (Å²) in [6.45, 7) is 4.08. The normalized spacial score (nSPS) is 24.9. The highest BCUT2D eigenvalue weighted by atomic mass is 19.1. The summed E-state index contributed by atoms with van der Waals surface area (Å²) in [5.74, 6) is 1.42. The second kappa shape index (κ2) is 5.39. The molecule has 0 aromatic carbocycles. The third kappa shape index (κ3) is 3.27. The summed E-state index contributed by atoms with van der Waals surface area (Å²) in [5.41, 5.74) is 0.922. The predicted octanol–water partition coefficient (Wildman–Crippen LogP) is 2.75. The number of pyridine rings is 1. The SMILES string of the molecule is CC1CCC(CNCc2cncc(F)c2)C1. The molecule has 88 valence electrons. The molecule has 0 spiro atoms.